The van der Waals surface area contributed by atoms with Crippen LogP contribution in [0.1, 0.15) is 0 Å². The van der Waals surface area contributed by atoms with Gasteiger partial charge in [-0.2, -0.15) is 0 Å². The number of hydrogen-bond donors (Lipinski definition) is 2. The fraction of sp³-hybridized carbons (Fsp3) is 0. The van der Waals surface area contributed by atoms with Gasteiger partial charge in [0, 0.05) is 29.2 Å². The van der Waals surface area contributed by atoms with E-state index in [1.807, 2.05) is 0 Å². The van der Waals surface area contributed by atoms with Crippen LogP contribution in [0.5, 0.6) is 0 Å². The monoisotopic (exact) mass is 171 g/mol. The van der Waals surface area contributed by atoms with Crippen molar-refractivity contribution < 1.29 is 36.9 Å². The molecule has 0 aromatic heterocycles. The molecule has 0 bridgehead atoms. The zero-order chi connectivity index (χ0) is 6.57. The fourth-order valence-electron chi connectivity index (χ4n) is 0.143. The summed E-state index contributed by atoms with van der Waals surface area (Å²) in [6, 6.07) is 0. The Labute approximate surface area is 61.7 Å². The van der Waals surface area contributed by atoms with Crippen molar-refractivity contribution in [2.75, 3.05) is 0 Å². The molecule has 0 fully saturated rings. The van der Waals surface area contributed by atoms with Gasteiger partial charge in [0.25, 0.3) is 0 Å². The molecule has 0 saturated carbocycles. The predicted octanol–water partition coefficient (Wildman–Crippen LogP) is -0.291. The largest absolute Gasteiger partial charge is 0.478 e. The average Bonchev–Trinajstić information content (AvgIpc) is 1.61. The first-order valence-corrected chi connectivity index (χ1v) is 1.77. The molecule has 0 heterocycles. The minimum Gasteiger partial charge on any atom is -0.478 e. The molecule has 5 heteroatoms. The van der Waals surface area contributed by atoms with Gasteiger partial charge in [0.05, 0.1) is 0 Å². The Balaban J connectivity index is 0. The van der Waals surface area contributed by atoms with Crippen molar-refractivity contribution in [3.63, 3.8) is 0 Å². The molecule has 0 spiro atoms. The molecule has 0 aliphatic heterocycles. The molecule has 0 atom stereocenters. The third-order valence-electron chi connectivity index (χ3n) is 0.368. The smallest absolute Gasteiger partial charge is 0.328 e. The van der Waals surface area contributed by atoms with E-state index in [1.54, 1.807) is 0 Å². The van der Waals surface area contributed by atoms with Crippen molar-refractivity contribution >= 4 is 11.9 Å². The van der Waals surface area contributed by atoms with E-state index in [4.69, 9.17) is 10.2 Å². The van der Waals surface area contributed by atoms with Gasteiger partial charge in [0.1, 0.15) is 0 Å². The van der Waals surface area contributed by atoms with Gasteiger partial charge in [-0.25, -0.2) is 9.59 Å². The van der Waals surface area contributed by atoms with Gasteiger partial charge in [0.2, 0.25) is 0 Å². The van der Waals surface area contributed by atoms with E-state index < -0.39 is 11.9 Å². The molecule has 1 radical (unpaired) electrons. The van der Waals surface area contributed by atoms with Crippen LogP contribution in [0, 0.1) is 0 Å². The second-order valence-corrected chi connectivity index (χ2v) is 1.01. The quantitative estimate of drug-likeness (QED) is 0.442. The van der Waals surface area contributed by atoms with Gasteiger partial charge in [0.15, 0.2) is 0 Å². The van der Waals surface area contributed by atoms with E-state index >= 15 is 0 Å². The van der Waals surface area contributed by atoms with Gasteiger partial charge >= 0.3 is 11.9 Å². The summed E-state index contributed by atoms with van der Waals surface area (Å²) in [6.07, 6.45) is 1.12. The zero-order valence-corrected chi connectivity index (χ0v) is 5.42. The van der Waals surface area contributed by atoms with Crippen molar-refractivity contribution in [2.24, 2.45) is 0 Å². The molecule has 51 valence electrons. The van der Waals surface area contributed by atoms with Crippen LogP contribution in [0.25, 0.3) is 0 Å². The standard InChI is InChI=1S/C4H4O4.Mn/c5-3(6)1-2-4(7)8;/h1-2H,(H,5,6)(H,7,8);/b2-1+;. The summed E-state index contributed by atoms with van der Waals surface area (Å²) in [7, 11) is 0. The normalized spacial score (nSPS) is 8.44. The molecule has 0 aromatic rings. The minimum atomic E-state index is -1.26. The van der Waals surface area contributed by atoms with Crippen LogP contribution in [-0.4, -0.2) is 22.2 Å². The molecule has 0 amide bonds. The number of hydrogen-bond acceptors (Lipinski definition) is 2. The summed E-state index contributed by atoms with van der Waals surface area (Å²) in [4.78, 5) is 19.1. The van der Waals surface area contributed by atoms with Crippen molar-refractivity contribution in [3.8, 4) is 0 Å². The van der Waals surface area contributed by atoms with Gasteiger partial charge in [-0.3, -0.25) is 0 Å². The first-order chi connectivity index (χ1) is 3.63. The molecule has 0 rings (SSSR count). The van der Waals surface area contributed by atoms with Gasteiger partial charge in [-0.15, -0.1) is 0 Å². The van der Waals surface area contributed by atoms with Gasteiger partial charge in [-0.1, -0.05) is 0 Å². The summed E-state index contributed by atoms with van der Waals surface area (Å²) in [5, 5.41) is 15.6. The Hall–Kier alpha value is -0.801. The Morgan fingerprint density at radius 1 is 1.00 bits per heavy atom. The topological polar surface area (TPSA) is 74.6 Å². The summed E-state index contributed by atoms with van der Waals surface area (Å²) < 4.78 is 0. The summed E-state index contributed by atoms with van der Waals surface area (Å²) in [5.74, 6) is -2.51. The second kappa shape index (κ2) is 5.34. The van der Waals surface area contributed by atoms with E-state index in [0.717, 1.165) is 0 Å². The maximum Gasteiger partial charge on any atom is 0.328 e. The zero-order valence-electron chi connectivity index (χ0n) is 4.24. The van der Waals surface area contributed by atoms with Crippen LogP contribution in [0.15, 0.2) is 12.2 Å². The van der Waals surface area contributed by atoms with E-state index in [-0.39, 0.29) is 17.1 Å². The molecule has 0 unspecified atom stereocenters. The second-order valence-electron chi connectivity index (χ2n) is 1.01. The third-order valence-corrected chi connectivity index (χ3v) is 0.368. The molecule has 4 nitrogen and oxygen atoms in total. The van der Waals surface area contributed by atoms with Crippen LogP contribution in [-0.2, 0) is 26.7 Å². The van der Waals surface area contributed by atoms with Crippen molar-refractivity contribution in [3.05, 3.63) is 12.2 Å². The first kappa shape index (κ1) is 11.1. The molecule has 0 aliphatic carbocycles. The van der Waals surface area contributed by atoms with E-state index in [9.17, 15) is 9.59 Å². The Morgan fingerprint density at radius 2 is 1.22 bits per heavy atom. The Morgan fingerprint density at radius 3 is 1.33 bits per heavy atom. The van der Waals surface area contributed by atoms with Crippen LogP contribution < -0.4 is 0 Å². The van der Waals surface area contributed by atoms with Crippen molar-refractivity contribution in [1.29, 1.82) is 0 Å². The number of carbonyl (C=O) groups is 2. The predicted molar refractivity (Wildman–Crippen MR) is 24.4 cm³/mol. The van der Waals surface area contributed by atoms with Gasteiger partial charge in [-0.05, 0) is 0 Å². The number of carboxylic acids is 2. The third kappa shape index (κ3) is 11.0. The molecule has 0 saturated heterocycles. The maximum absolute atomic E-state index is 9.55. The molecular weight excluding hydrogens is 167 g/mol. The van der Waals surface area contributed by atoms with Crippen LogP contribution in [0.4, 0.5) is 0 Å². The fourth-order valence-corrected chi connectivity index (χ4v) is 0.143. The van der Waals surface area contributed by atoms with Crippen LogP contribution >= 0.6 is 0 Å². The van der Waals surface area contributed by atoms with Crippen LogP contribution in [0.3, 0.4) is 0 Å². The van der Waals surface area contributed by atoms with Crippen LogP contribution in [0.2, 0.25) is 0 Å². The first-order valence-electron chi connectivity index (χ1n) is 1.77. The SMILES string of the molecule is O=C(O)/C=C/C(=O)O.[Mn]. The van der Waals surface area contributed by atoms with E-state index in [1.165, 1.54) is 0 Å². The summed E-state index contributed by atoms with van der Waals surface area (Å²) >= 11 is 0. The number of rotatable bonds is 2. The number of aliphatic carboxylic acids is 2. The van der Waals surface area contributed by atoms with E-state index in [2.05, 4.69) is 0 Å². The summed E-state index contributed by atoms with van der Waals surface area (Å²) in [5.41, 5.74) is 0. The van der Waals surface area contributed by atoms with Crippen molar-refractivity contribution in [2.45, 2.75) is 0 Å². The van der Waals surface area contributed by atoms with E-state index in [0.29, 0.717) is 12.2 Å². The maximum atomic E-state index is 9.55. The Bertz CT molecular complexity index is 124. The molecule has 0 aliphatic rings. The minimum absolute atomic E-state index is 0. The molecule has 0 aromatic carbocycles. The molecular formula is C4H4MnO4. The number of carboxylic acid groups (broad SMARTS) is 2. The molecule has 2 N–H and O–H groups in total. The average molecular weight is 171 g/mol. The van der Waals surface area contributed by atoms with Gasteiger partial charge < -0.3 is 10.2 Å². The van der Waals surface area contributed by atoms with Crippen molar-refractivity contribution in [1.82, 2.24) is 0 Å². The molecule has 9 heavy (non-hydrogen) atoms. The Kier molecular flexibility index (Phi) is 6.56. The summed E-state index contributed by atoms with van der Waals surface area (Å²) in [6.45, 7) is 0.